The van der Waals surface area contributed by atoms with E-state index in [0.29, 0.717) is 0 Å². The normalized spacial score (nSPS) is 13.6. The molecule has 0 fully saturated rings. The molecular formula is C23H24. The summed E-state index contributed by atoms with van der Waals surface area (Å²) in [6.45, 7) is 8.65. The van der Waals surface area contributed by atoms with E-state index in [-0.39, 0.29) is 5.41 Å². The summed E-state index contributed by atoms with van der Waals surface area (Å²) < 4.78 is 0. The molecule has 0 saturated carbocycles. The molecule has 0 spiro atoms. The van der Waals surface area contributed by atoms with Crippen LogP contribution < -0.4 is 0 Å². The minimum absolute atomic E-state index is 0.0801. The lowest BCUT2D eigenvalue weighted by Gasteiger charge is -2.22. The fourth-order valence-electron chi connectivity index (χ4n) is 3.51. The molecule has 3 aromatic carbocycles. The maximum Gasteiger partial charge on any atom is 0.0159 e. The van der Waals surface area contributed by atoms with Gasteiger partial charge >= 0.3 is 0 Å². The molecule has 0 bridgehead atoms. The van der Waals surface area contributed by atoms with Gasteiger partial charge < -0.3 is 0 Å². The number of fused-ring (bicyclic) bond motifs is 3. The van der Waals surface area contributed by atoms with Crippen LogP contribution in [0.15, 0.2) is 72.8 Å². The molecule has 0 heterocycles. The molecule has 0 amide bonds. The molecule has 1 aliphatic rings. The van der Waals surface area contributed by atoms with E-state index >= 15 is 0 Å². The minimum Gasteiger partial charge on any atom is -0.0683 e. The first kappa shape index (κ1) is 15.6. The van der Waals surface area contributed by atoms with Gasteiger partial charge in [-0.1, -0.05) is 94.4 Å². The van der Waals surface area contributed by atoms with Crippen molar-refractivity contribution >= 4 is 0 Å². The van der Waals surface area contributed by atoms with E-state index in [1.165, 1.54) is 33.4 Å². The lowest BCUT2D eigenvalue weighted by Crippen LogP contribution is -2.14. The Morgan fingerprint density at radius 1 is 0.565 bits per heavy atom. The summed E-state index contributed by atoms with van der Waals surface area (Å²) in [6.07, 6.45) is 0. The highest BCUT2D eigenvalue weighted by molar-refractivity contribution is 5.83. The molecule has 0 heteroatoms. The first-order valence-corrected chi connectivity index (χ1v) is 8.48. The van der Waals surface area contributed by atoms with Crippen molar-refractivity contribution in [2.45, 2.75) is 33.1 Å². The second-order valence-electron chi connectivity index (χ2n) is 6.30. The van der Waals surface area contributed by atoms with E-state index in [1.54, 1.807) is 0 Å². The van der Waals surface area contributed by atoms with Crippen molar-refractivity contribution in [1.82, 2.24) is 0 Å². The van der Waals surface area contributed by atoms with Gasteiger partial charge in [0.05, 0.1) is 0 Å². The third-order valence-corrected chi connectivity index (χ3v) is 4.69. The molecule has 3 aromatic rings. The van der Waals surface area contributed by atoms with E-state index in [1.807, 2.05) is 13.8 Å². The minimum atomic E-state index is 0.0801. The highest BCUT2D eigenvalue weighted by atomic mass is 14.4. The van der Waals surface area contributed by atoms with Crippen LogP contribution in [0, 0.1) is 0 Å². The van der Waals surface area contributed by atoms with Crippen LogP contribution in [-0.4, -0.2) is 0 Å². The lowest BCUT2D eigenvalue weighted by atomic mass is 9.81. The van der Waals surface area contributed by atoms with E-state index < -0.39 is 0 Å². The van der Waals surface area contributed by atoms with Gasteiger partial charge in [0.25, 0.3) is 0 Å². The largest absolute Gasteiger partial charge is 0.0683 e. The third-order valence-electron chi connectivity index (χ3n) is 4.69. The second-order valence-corrected chi connectivity index (χ2v) is 6.30. The Morgan fingerprint density at radius 3 is 1.91 bits per heavy atom. The highest BCUT2D eigenvalue weighted by Crippen LogP contribution is 2.49. The Balaban J connectivity index is 0.000000753. The molecule has 0 N–H and O–H groups in total. The van der Waals surface area contributed by atoms with Gasteiger partial charge in [0.15, 0.2) is 0 Å². The molecule has 0 radical (unpaired) electrons. The van der Waals surface area contributed by atoms with E-state index in [9.17, 15) is 0 Å². The average molecular weight is 300 g/mol. The van der Waals surface area contributed by atoms with Gasteiger partial charge in [-0.25, -0.2) is 0 Å². The summed E-state index contributed by atoms with van der Waals surface area (Å²) in [5.41, 5.74) is 8.31. The molecule has 4 rings (SSSR count). The quantitative estimate of drug-likeness (QED) is 0.470. The Labute approximate surface area is 139 Å². The van der Waals surface area contributed by atoms with Gasteiger partial charge in [-0.2, -0.15) is 0 Å². The molecule has 0 unspecified atom stereocenters. The van der Waals surface area contributed by atoms with Crippen LogP contribution in [0.5, 0.6) is 0 Å². The first-order chi connectivity index (χ1) is 11.2. The SMILES string of the molecule is CC.CC1(C)c2ccccc2-c2ccc(-c3ccccc3)cc21. The van der Waals surface area contributed by atoms with Gasteiger partial charge in [0.1, 0.15) is 0 Å². The monoisotopic (exact) mass is 300 g/mol. The number of rotatable bonds is 1. The molecule has 116 valence electrons. The third kappa shape index (κ3) is 2.49. The van der Waals surface area contributed by atoms with Crippen LogP contribution >= 0.6 is 0 Å². The number of hydrogen-bond acceptors (Lipinski definition) is 0. The topological polar surface area (TPSA) is 0 Å². The zero-order valence-electron chi connectivity index (χ0n) is 14.4. The van der Waals surface area contributed by atoms with Crippen molar-refractivity contribution in [3.63, 3.8) is 0 Å². The summed E-state index contributed by atoms with van der Waals surface area (Å²) in [4.78, 5) is 0. The van der Waals surface area contributed by atoms with Crippen LogP contribution in [0.25, 0.3) is 22.3 Å². The van der Waals surface area contributed by atoms with Crippen molar-refractivity contribution in [2.24, 2.45) is 0 Å². The van der Waals surface area contributed by atoms with Crippen molar-refractivity contribution in [1.29, 1.82) is 0 Å². The maximum atomic E-state index is 2.37. The standard InChI is InChI=1S/C21H18.C2H6/c1-21(2)19-11-7-6-10-17(19)18-13-12-16(14-20(18)21)15-8-4-3-5-9-15;1-2/h3-14H,1-2H3;1-2H3. The summed E-state index contributed by atoms with van der Waals surface area (Å²) in [6, 6.07) is 26.3. The molecule has 0 saturated heterocycles. The first-order valence-electron chi connectivity index (χ1n) is 8.48. The van der Waals surface area contributed by atoms with Gasteiger partial charge in [0.2, 0.25) is 0 Å². The molecule has 0 nitrogen and oxygen atoms in total. The van der Waals surface area contributed by atoms with Gasteiger partial charge in [-0.3, -0.25) is 0 Å². The molecular weight excluding hydrogens is 276 g/mol. The zero-order chi connectivity index (χ0) is 16.4. The fraction of sp³-hybridized carbons (Fsp3) is 0.217. The van der Waals surface area contributed by atoms with Crippen molar-refractivity contribution in [3.05, 3.63) is 83.9 Å². The Kier molecular flexibility index (Phi) is 4.09. The smallest absolute Gasteiger partial charge is 0.0159 e. The molecule has 23 heavy (non-hydrogen) atoms. The Hall–Kier alpha value is -2.34. The molecule has 0 aromatic heterocycles. The number of hydrogen-bond donors (Lipinski definition) is 0. The molecule has 0 aliphatic heterocycles. The van der Waals surface area contributed by atoms with Crippen LogP contribution in [-0.2, 0) is 5.41 Å². The van der Waals surface area contributed by atoms with E-state index in [0.717, 1.165) is 0 Å². The zero-order valence-corrected chi connectivity index (χ0v) is 14.4. The molecule has 0 atom stereocenters. The predicted octanol–water partition coefficient (Wildman–Crippen LogP) is 6.69. The summed E-state index contributed by atoms with van der Waals surface area (Å²) >= 11 is 0. The Morgan fingerprint density at radius 2 is 1.17 bits per heavy atom. The summed E-state index contributed by atoms with van der Waals surface area (Å²) in [7, 11) is 0. The van der Waals surface area contributed by atoms with E-state index in [2.05, 4.69) is 86.6 Å². The summed E-state index contributed by atoms with van der Waals surface area (Å²) in [5.74, 6) is 0. The van der Waals surface area contributed by atoms with Crippen LogP contribution in [0.4, 0.5) is 0 Å². The predicted molar refractivity (Wildman–Crippen MR) is 101 cm³/mol. The van der Waals surface area contributed by atoms with Crippen molar-refractivity contribution in [3.8, 4) is 22.3 Å². The molecule has 1 aliphatic carbocycles. The highest BCUT2D eigenvalue weighted by Gasteiger charge is 2.35. The lowest BCUT2D eigenvalue weighted by molar-refractivity contribution is 0.660. The Bertz CT molecular complexity index is 810. The van der Waals surface area contributed by atoms with Crippen molar-refractivity contribution < 1.29 is 0 Å². The van der Waals surface area contributed by atoms with Crippen LogP contribution in [0.3, 0.4) is 0 Å². The van der Waals surface area contributed by atoms with Crippen LogP contribution in [0.1, 0.15) is 38.8 Å². The summed E-state index contributed by atoms with van der Waals surface area (Å²) in [5, 5.41) is 0. The van der Waals surface area contributed by atoms with Gasteiger partial charge in [-0.15, -0.1) is 0 Å². The van der Waals surface area contributed by atoms with Gasteiger partial charge in [-0.05, 0) is 39.4 Å². The average Bonchev–Trinajstić information content (AvgIpc) is 2.85. The van der Waals surface area contributed by atoms with Crippen LogP contribution in [0.2, 0.25) is 0 Å². The maximum absolute atomic E-state index is 2.37. The fourth-order valence-corrected chi connectivity index (χ4v) is 3.51. The second kappa shape index (κ2) is 6.04. The number of benzene rings is 3. The van der Waals surface area contributed by atoms with Crippen molar-refractivity contribution in [2.75, 3.05) is 0 Å². The van der Waals surface area contributed by atoms with E-state index in [4.69, 9.17) is 0 Å². The van der Waals surface area contributed by atoms with Gasteiger partial charge in [0, 0.05) is 5.41 Å².